The SMILES string of the molecule is CNCC1CCCN(c2n[nH]c(C3CC4CCC3C4)n2)C1. The van der Waals surface area contributed by atoms with Crippen molar-refractivity contribution in [2.75, 3.05) is 31.6 Å². The first-order valence-corrected chi connectivity index (χ1v) is 8.65. The third-order valence-corrected chi connectivity index (χ3v) is 5.87. The Labute approximate surface area is 126 Å². The van der Waals surface area contributed by atoms with Crippen molar-refractivity contribution in [2.45, 2.75) is 44.4 Å². The van der Waals surface area contributed by atoms with Crippen molar-refractivity contribution in [1.82, 2.24) is 20.5 Å². The number of H-pyrrole nitrogens is 1. The van der Waals surface area contributed by atoms with Crippen molar-refractivity contribution >= 4 is 5.95 Å². The van der Waals surface area contributed by atoms with Gasteiger partial charge in [-0.25, -0.2) is 0 Å². The second-order valence-corrected chi connectivity index (χ2v) is 7.31. The summed E-state index contributed by atoms with van der Waals surface area (Å²) >= 11 is 0. The predicted octanol–water partition coefficient (Wildman–Crippen LogP) is 2.14. The van der Waals surface area contributed by atoms with Crippen LogP contribution in [-0.2, 0) is 0 Å². The lowest BCUT2D eigenvalue weighted by atomic mass is 9.88. The number of nitrogens with zero attached hydrogens (tertiary/aromatic N) is 3. The number of hydrogen-bond donors (Lipinski definition) is 2. The van der Waals surface area contributed by atoms with Crippen molar-refractivity contribution in [3.05, 3.63) is 5.82 Å². The molecule has 2 bridgehead atoms. The zero-order valence-corrected chi connectivity index (χ0v) is 13.0. The highest BCUT2D eigenvalue weighted by molar-refractivity contribution is 5.30. The molecule has 4 atom stereocenters. The molecule has 0 aromatic carbocycles. The summed E-state index contributed by atoms with van der Waals surface area (Å²) in [5.41, 5.74) is 0. The van der Waals surface area contributed by atoms with Gasteiger partial charge in [0.15, 0.2) is 0 Å². The van der Waals surface area contributed by atoms with E-state index >= 15 is 0 Å². The van der Waals surface area contributed by atoms with Crippen LogP contribution in [0, 0.1) is 17.8 Å². The van der Waals surface area contributed by atoms with E-state index in [1.807, 2.05) is 7.05 Å². The minimum absolute atomic E-state index is 0.655. The zero-order valence-electron chi connectivity index (χ0n) is 13.0. The van der Waals surface area contributed by atoms with E-state index in [1.54, 1.807) is 0 Å². The first-order valence-electron chi connectivity index (χ1n) is 8.65. The van der Waals surface area contributed by atoms with E-state index in [4.69, 9.17) is 4.98 Å². The van der Waals surface area contributed by atoms with E-state index in [0.29, 0.717) is 5.92 Å². The molecule has 1 saturated heterocycles. The first-order chi connectivity index (χ1) is 10.3. The number of piperidine rings is 1. The molecule has 2 N–H and O–H groups in total. The van der Waals surface area contributed by atoms with Gasteiger partial charge >= 0.3 is 0 Å². The summed E-state index contributed by atoms with van der Waals surface area (Å²) in [7, 11) is 2.04. The molecule has 5 nitrogen and oxygen atoms in total. The maximum absolute atomic E-state index is 4.87. The highest BCUT2D eigenvalue weighted by atomic mass is 15.4. The summed E-state index contributed by atoms with van der Waals surface area (Å²) in [5, 5.41) is 11.1. The molecule has 0 amide bonds. The Morgan fingerprint density at radius 2 is 2.24 bits per heavy atom. The number of rotatable bonds is 4. The summed E-state index contributed by atoms with van der Waals surface area (Å²) in [6.45, 7) is 3.29. The van der Waals surface area contributed by atoms with Gasteiger partial charge in [-0.15, -0.1) is 5.10 Å². The van der Waals surface area contributed by atoms with Crippen LogP contribution in [0.4, 0.5) is 5.95 Å². The van der Waals surface area contributed by atoms with E-state index in [2.05, 4.69) is 20.4 Å². The topological polar surface area (TPSA) is 56.8 Å². The van der Waals surface area contributed by atoms with Crippen LogP contribution in [0.1, 0.15) is 50.3 Å². The summed E-state index contributed by atoms with van der Waals surface area (Å²) in [5.74, 6) is 5.32. The summed E-state index contributed by atoms with van der Waals surface area (Å²) < 4.78 is 0. The van der Waals surface area contributed by atoms with Crippen LogP contribution in [0.3, 0.4) is 0 Å². The Kier molecular flexibility index (Phi) is 3.61. The Morgan fingerprint density at radius 3 is 3.00 bits per heavy atom. The summed E-state index contributed by atoms with van der Waals surface area (Å²) in [6.07, 6.45) is 8.18. The number of nitrogens with one attached hydrogen (secondary N) is 2. The minimum atomic E-state index is 0.655. The fourth-order valence-electron chi connectivity index (χ4n) is 4.85. The van der Waals surface area contributed by atoms with Gasteiger partial charge in [-0.05, 0) is 63.5 Å². The van der Waals surface area contributed by atoms with Crippen molar-refractivity contribution in [3.8, 4) is 0 Å². The Bertz CT molecular complexity index is 483. The van der Waals surface area contributed by atoms with Crippen LogP contribution in [-0.4, -0.2) is 41.9 Å². The molecule has 4 unspecified atom stereocenters. The molecule has 0 spiro atoms. The van der Waals surface area contributed by atoms with Gasteiger partial charge in [-0.1, -0.05) is 6.42 Å². The number of fused-ring (bicyclic) bond motifs is 2. The largest absolute Gasteiger partial charge is 0.339 e. The molecule has 5 heteroatoms. The Balaban J connectivity index is 1.44. The lowest BCUT2D eigenvalue weighted by Crippen LogP contribution is -2.39. The third-order valence-electron chi connectivity index (χ3n) is 5.87. The van der Waals surface area contributed by atoms with Gasteiger partial charge in [0.25, 0.3) is 0 Å². The molecule has 21 heavy (non-hydrogen) atoms. The Morgan fingerprint density at radius 1 is 1.29 bits per heavy atom. The molecule has 4 rings (SSSR count). The lowest BCUT2D eigenvalue weighted by molar-refractivity contribution is 0.398. The van der Waals surface area contributed by atoms with Crippen LogP contribution >= 0.6 is 0 Å². The van der Waals surface area contributed by atoms with Crippen LogP contribution in [0.5, 0.6) is 0 Å². The molecule has 3 fully saturated rings. The van der Waals surface area contributed by atoms with Gasteiger partial charge in [-0.3, -0.25) is 5.10 Å². The molecular weight excluding hydrogens is 262 g/mol. The van der Waals surface area contributed by atoms with E-state index in [1.165, 1.54) is 38.5 Å². The second-order valence-electron chi connectivity index (χ2n) is 7.31. The number of anilines is 1. The fourth-order valence-corrected chi connectivity index (χ4v) is 4.85. The van der Waals surface area contributed by atoms with Crippen molar-refractivity contribution < 1.29 is 0 Å². The average molecular weight is 289 g/mol. The van der Waals surface area contributed by atoms with Crippen LogP contribution in [0.25, 0.3) is 0 Å². The molecule has 2 aliphatic carbocycles. The summed E-state index contributed by atoms with van der Waals surface area (Å²) in [6, 6.07) is 0. The van der Waals surface area contributed by atoms with Crippen LogP contribution in [0.2, 0.25) is 0 Å². The molecule has 2 heterocycles. The molecule has 116 valence electrons. The molecule has 1 aromatic heterocycles. The fraction of sp³-hybridized carbons (Fsp3) is 0.875. The number of hydrogen-bond acceptors (Lipinski definition) is 4. The quantitative estimate of drug-likeness (QED) is 0.891. The lowest BCUT2D eigenvalue weighted by Gasteiger charge is -2.31. The standard InChI is InChI=1S/C16H27N5/c1-17-9-12-3-2-6-21(10-12)16-18-15(19-20-16)14-8-11-4-5-13(14)7-11/h11-14,17H,2-10H2,1H3,(H,18,19,20). The molecule has 2 saturated carbocycles. The molecular formula is C16H27N5. The highest BCUT2D eigenvalue weighted by Crippen LogP contribution is 2.52. The predicted molar refractivity (Wildman–Crippen MR) is 83.4 cm³/mol. The first kappa shape index (κ1) is 13.6. The van der Waals surface area contributed by atoms with Crippen LogP contribution < -0.4 is 10.2 Å². The third kappa shape index (κ3) is 2.56. The van der Waals surface area contributed by atoms with Crippen LogP contribution in [0.15, 0.2) is 0 Å². The molecule has 0 radical (unpaired) electrons. The molecule has 1 aromatic rings. The molecule has 3 aliphatic rings. The van der Waals surface area contributed by atoms with E-state index < -0.39 is 0 Å². The normalized spacial score (nSPS) is 35.6. The highest BCUT2D eigenvalue weighted by Gasteiger charge is 2.41. The van der Waals surface area contributed by atoms with Gasteiger partial charge in [0, 0.05) is 19.0 Å². The minimum Gasteiger partial charge on any atom is -0.339 e. The van der Waals surface area contributed by atoms with Crippen molar-refractivity contribution in [2.24, 2.45) is 17.8 Å². The number of aromatic nitrogens is 3. The maximum atomic E-state index is 4.87. The Hall–Kier alpha value is -1.10. The monoisotopic (exact) mass is 289 g/mol. The van der Waals surface area contributed by atoms with E-state index in [0.717, 1.165) is 49.2 Å². The van der Waals surface area contributed by atoms with Crippen molar-refractivity contribution in [1.29, 1.82) is 0 Å². The van der Waals surface area contributed by atoms with Gasteiger partial charge < -0.3 is 10.2 Å². The van der Waals surface area contributed by atoms with Gasteiger partial charge in [0.05, 0.1) is 0 Å². The van der Waals surface area contributed by atoms with E-state index in [9.17, 15) is 0 Å². The van der Waals surface area contributed by atoms with Gasteiger partial charge in [0.1, 0.15) is 5.82 Å². The van der Waals surface area contributed by atoms with Gasteiger partial charge in [-0.2, -0.15) is 4.98 Å². The van der Waals surface area contributed by atoms with Gasteiger partial charge in [0.2, 0.25) is 5.95 Å². The number of aromatic amines is 1. The second kappa shape index (κ2) is 5.59. The van der Waals surface area contributed by atoms with E-state index in [-0.39, 0.29) is 0 Å². The maximum Gasteiger partial charge on any atom is 0.244 e. The average Bonchev–Trinajstić information content (AvgIpc) is 3.24. The summed E-state index contributed by atoms with van der Waals surface area (Å²) in [4.78, 5) is 7.24. The zero-order chi connectivity index (χ0) is 14.2. The molecule has 1 aliphatic heterocycles. The smallest absolute Gasteiger partial charge is 0.244 e. The van der Waals surface area contributed by atoms with Crippen molar-refractivity contribution in [3.63, 3.8) is 0 Å².